The van der Waals surface area contributed by atoms with Gasteiger partial charge in [-0.25, -0.2) is 9.97 Å². The lowest BCUT2D eigenvalue weighted by Crippen LogP contribution is -2.11. The predicted molar refractivity (Wildman–Crippen MR) is 112 cm³/mol. The number of nitro groups is 1. The van der Waals surface area contributed by atoms with Gasteiger partial charge in [0.1, 0.15) is 10.5 Å². The van der Waals surface area contributed by atoms with Crippen LogP contribution in [0.5, 0.6) is 0 Å². The van der Waals surface area contributed by atoms with E-state index in [4.69, 9.17) is 0 Å². The highest BCUT2D eigenvalue weighted by Crippen LogP contribution is 2.35. The molecule has 3 heterocycles. The molecular formula is C19H11F3N4O3S2. The van der Waals surface area contributed by atoms with Crippen LogP contribution < -0.4 is 5.32 Å². The number of halogens is 3. The number of anilines is 1. The zero-order valence-electron chi connectivity index (χ0n) is 15.6. The Labute approximate surface area is 180 Å². The summed E-state index contributed by atoms with van der Waals surface area (Å²) in [6.45, 7) is 1.64. The molecule has 0 atom stereocenters. The fourth-order valence-corrected chi connectivity index (χ4v) is 4.66. The average Bonchev–Trinajstić information content (AvgIpc) is 3.32. The van der Waals surface area contributed by atoms with Crippen molar-refractivity contribution in [3.8, 4) is 11.3 Å². The maximum atomic E-state index is 12.9. The van der Waals surface area contributed by atoms with Crippen LogP contribution in [0.2, 0.25) is 0 Å². The van der Waals surface area contributed by atoms with Crippen LogP contribution in [0.4, 0.5) is 24.0 Å². The smallest absolute Gasteiger partial charge is 0.297 e. The van der Waals surface area contributed by atoms with Gasteiger partial charge in [-0.1, -0.05) is 12.1 Å². The van der Waals surface area contributed by atoms with Crippen LogP contribution >= 0.6 is 22.7 Å². The fourth-order valence-electron chi connectivity index (χ4n) is 2.87. The molecule has 0 saturated heterocycles. The first-order chi connectivity index (χ1) is 14.6. The predicted octanol–water partition coefficient (Wildman–Crippen LogP) is 5.91. The van der Waals surface area contributed by atoms with Gasteiger partial charge in [-0.15, -0.1) is 22.7 Å². The number of aromatic nitrogens is 2. The van der Waals surface area contributed by atoms with E-state index in [0.29, 0.717) is 22.2 Å². The van der Waals surface area contributed by atoms with Crippen LogP contribution in [0.15, 0.2) is 41.8 Å². The zero-order valence-corrected chi connectivity index (χ0v) is 17.2. The number of nitro benzene ring substituents is 1. The molecule has 1 N–H and O–H groups in total. The maximum Gasteiger partial charge on any atom is 0.433 e. The molecule has 0 radical (unpaired) electrons. The first kappa shape index (κ1) is 20.9. The van der Waals surface area contributed by atoms with Gasteiger partial charge in [0, 0.05) is 28.5 Å². The number of carbonyl (C=O) groups excluding carboxylic acids is 1. The van der Waals surface area contributed by atoms with Crippen LogP contribution in [0.1, 0.15) is 20.9 Å². The lowest BCUT2D eigenvalue weighted by molar-refractivity contribution is -0.384. The number of amides is 1. The first-order valence-corrected chi connectivity index (χ1v) is 10.3. The molecule has 0 aliphatic heterocycles. The summed E-state index contributed by atoms with van der Waals surface area (Å²) in [5, 5.41) is 15.9. The number of hydrogen-bond donors (Lipinski definition) is 1. The number of rotatable bonds is 4. The first-order valence-electron chi connectivity index (χ1n) is 8.62. The Hall–Kier alpha value is -3.38. The third-order valence-electron chi connectivity index (χ3n) is 4.38. The number of pyridine rings is 1. The van der Waals surface area contributed by atoms with Crippen molar-refractivity contribution in [3.05, 3.63) is 68.0 Å². The van der Waals surface area contributed by atoms with Gasteiger partial charge in [0.15, 0.2) is 5.13 Å². The second kappa shape index (κ2) is 7.71. The van der Waals surface area contributed by atoms with Gasteiger partial charge in [-0.05, 0) is 24.6 Å². The lowest BCUT2D eigenvalue weighted by atomic mass is 10.1. The van der Waals surface area contributed by atoms with Crippen molar-refractivity contribution in [2.45, 2.75) is 13.1 Å². The minimum atomic E-state index is -4.57. The Balaban J connectivity index is 1.59. The molecular weight excluding hydrogens is 453 g/mol. The van der Waals surface area contributed by atoms with Crippen molar-refractivity contribution in [1.29, 1.82) is 0 Å². The molecule has 4 aromatic rings. The number of carbonyl (C=O) groups is 1. The third kappa shape index (κ3) is 4.11. The van der Waals surface area contributed by atoms with Gasteiger partial charge in [0.2, 0.25) is 0 Å². The number of thiophene rings is 1. The second-order valence-corrected chi connectivity index (χ2v) is 8.26. The van der Waals surface area contributed by atoms with E-state index in [0.717, 1.165) is 28.7 Å². The van der Waals surface area contributed by atoms with Crippen LogP contribution in [0.25, 0.3) is 21.5 Å². The topological polar surface area (TPSA) is 98.0 Å². The van der Waals surface area contributed by atoms with E-state index in [1.807, 2.05) is 0 Å². The second-order valence-electron chi connectivity index (χ2n) is 6.40. The number of non-ortho nitro benzene ring substituents is 1. The standard InChI is InChI=1S/C19H11F3N4O3S2/c1-9-12-5-6-14(19(20,21)22)24-17(12)31-15(9)16(27)25-18-23-13(8-30-18)10-3-2-4-11(7-10)26(28)29/h2-8H,1H3,(H,23,25,27). The molecule has 0 saturated carbocycles. The van der Waals surface area contributed by atoms with E-state index in [-0.39, 0.29) is 20.5 Å². The molecule has 0 aliphatic carbocycles. The number of fused-ring (bicyclic) bond motifs is 1. The molecule has 0 fully saturated rings. The summed E-state index contributed by atoms with van der Waals surface area (Å²) in [6.07, 6.45) is -4.57. The van der Waals surface area contributed by atoms with E-state index in [1.165, 1.54) is 24.3 Å². The Morgan fingerprint density at radius 1 is 1.19 bits per heavy atom. The Kier molecular flexibility index (Phi) is 5.19. The summed E-state index contributed by atoms with van der Waals surface area (Å²) in [5.41, 5.74) is 0.396. The maximum absolute atomic E-state index is 12.9. The van der Waals surface area contributed by atoms with Crippen LogP contribution in [-0.2, 0) is 6.18 Å². The SMILES string of the molecule is Cc1c(C(=O)Nc2nc(-c3cccc([N+](=O)[O-])c3)cs2)sc2nc(C(F)(F)F)ccc12. The largest absolute Gasteiger partial charge is 0.433 e. The zero-order chi connectivity index (χ0) is 22.3. The minimum absolute atomic E-state index is 0.0808. The molecule has 7 nitrogen and oxygen atoms in total. The quantitative estimate of drug-likeness (QED) is 0.299. The van der Waals surface area contributed by atoms with E-state index in [2.05, 4.69) is 15.3 Å². The molecule has 1 amide bonds. The van der Waals surface area contributed by atoms with Crippen LogP contribution in [0, 0.1) is 17.0 Å². The van der Waals surface area contributed by atoms with Gasteiger partial charge < -0.3 is 0 Å². The minimum Gasteiger partial charge on any atom is -0.297 e. The van der Waals surface area contributed by atoms with Crippen molar-refractivity contribution < 1.29 is 22.9 Å². The molecule has 0 aliphatic rings. The van der Waals surface area contributed by atoms with E-state index < -0.39 is 22.7 Å². The number of thiazole rings is 1. The highest BCUT2D eigenvalue weighted by Gasteiger charge is 2.33. The van der Waals surface area contributed by atoms with Gasteiger partial charge >= 0.3 is 6.18 Å². The number of benzene rings is 1. The number of nitrogens with one attached hydrogen (secondary N) is 1. The van der Waals surface area contributed by atoms with E-state index in [1.54, 1.807) is 18.4 Å². The summed E-state index contributed by atoms with van der Waals surface area (Å²) in [7, 11) is 0. The summed E-state index contributed by atoms with van der Waals surface area (Å²) in [6, 6.07) is 8.12. The van der Waals surface area contributed by atoms with Gasteiger partial charge in [-0.3, -0.25) is 20.2 Å². The number of hydrogen-bond acceptors (Lipinski definition) is 7. The van der Waals surface area contributed by atoms with E-state index in [9.17, 15) is 28.1 Å². The van der Waals surface area contributed by atoms with Crippen molar-refractivity contribution >= 4 is 49.6 Å². The normalized spacial score (nSPS) is 11.6. The van der Waals surface area contributed by atoms with Crippen molar-refractivity contribution in [1.82, 2.24) is 9.97 Å². The van der Waals surface area contributed by atoms with Crippen molar-refractivity contribution in [2.75, 3.05) is 5.32 Å². The van der Waals surface area contributed by atoms with Crippen molar-refractivity contribution in [3.63, 3.8) is 0 Å². The summed E-state index contributed by atoms with van der Waals surface area (Å²) >= 11 is 2.00. The lowest BCUT2D eigenvalue weighted by Gasteiger charge is -2.04. The summed E-state index contributed by atoms with van der Waals surface area (Å²) in [5.74, 6) is -0.519. The molecule has 12 heteroatoms. The third-order valence-corrected chi connectivity index (χ3v) is 6.34. The molecule has 31 heavy (non-hydrogen) atoms. The average molecular weight is 464 g/mol. The molecule has 1 aromatic carbocycles. The van der Waals surface area contributed by atoms with Gasteiger partial charge in [-0.2, -0.15) is 13.2 Å². The molecule has 4 rings (SSSR count). The Morgan fingerprint density at radius 3 is 2.68 bits per heavy atom. The highest BCUT2D eigenvalue weighted by molar-refractivity contribution is 7.21. The Bertz CT molecular complexity index is 1330. The van der Waals surface area contributed by atoms with Crippen LogP contribution in [-0.4, -0.2) is 20.8 Å². The van der Waals surface area contributed by atoms with Crippen LogP contribution in [0.3, 0.4) is 0 Å². The fraction of sp³-hybridized carbons (Fsp3) is 0.105. The number of nitrogens with zero attached hydrogens (tertiary/aromatic N) is 3. The number of alkyl halides is 3. The summed E-state index contributed by atoms with van der Waals surface area (Å²) in [4.78, 5) is 31.4. The van der Waals surface area contributed by atoms with Gasteiger partial charge in [0.05, 0.1) is 15.5 Å². The molecule has 0 unspecified atom stereocenters. The molecule has 3 aromatic heterocycles. The summed E-state index contributed by atoms with van der Waals surface area (Å²) < 4.78 is 38.7. The van der Waals surface area contributed by atoms with Crippen molar-refractivity contribution in [2.24, 2.45) is 0 Å². The highest BCUT2D eigenvalue weighted by atomic mass is 32.1. The number of aryl methyl sites for hydroxylation is 1. The molecule has 0 spiro atoms. The monoisotopic (exact) mass is 464 g/mol. The molecule has 158 valence electrons. The Morgan fingerprint density at radius 2 is 1.97 bits per heavy atom. The van der Waals surface area contributed by atoms with Gasteiger partial charge in [0.25, 0.3) is 11.6 Å². The van der Waals surface area contributed by atoms with E-state index >= 15 is 0 Å². The molecule has 0 bridgehead atoms.